The van der Waals surface area contributed by atoms with Crippen molar-refractivity contribution in [1.29, 1.82) is 0 Å². The number of ether oxygens (including phenoxy) is 3. The number of nitrogens with two attached hydrogens (primary N) is 1. The number of rotatable bonds is 2. The third-order valence-electron chi connectivity index (χ3n) is 6.12. The molecular formula is C23H32N2O3. The minimum absolute atomic E-state index is 0.127. The van der Waals surface area contributed by atoms with E-state index >= 15 is 0 Å². The smallest absolute Gasteiger partial charge is 0.168 e. The van der Waals surface area contributed by atoms with Crippen molar-refractivity contribution in [3.63, 3.8) is 0 Å². The van der Waals surface area contributed by atoms with Crippen LogP contribution in [0.15, 0.2) is 24.4 Å². The van der Waals surface area contributed by atoms with Gasteiger partial charge in [-0.3, -0.25) is 0 Å². The molecule has 28 heavy (non-hydrogen) atoms. The molecule has 2 aromatic rings. The number of aromatic nitrogens is 1. The number of anilines is 1. The van der Waals surface area contributed by atoms with Crippen LogP contribution in [0.3, 0.4) is 0 Å². The Balaban J connectivity index is 0.000000162. The van der Waals surface area contributed by atoms with E-state index in [0.717, 1.165) is 55.4 Å². The van der Waals surface area contributed by atoms with Gasteiger partial charge in [-0.15, -0.1) is 0 Å². The normalized spacial score (nSPS) is 21.6. The number of hydrogen-bond acceptors (Lipinski definition) is 5. The second-order valence-corrected chi connectivity index (χ2v) is 8.23. The van der Waals surface area contributed by atoms with Crippen LogP contribution in [0.4, 0.5) is 5.82 Å². The summed E-state index contributed by atoms with van der Waals surface area (Å²) in [7, 11) is 0. The lowest BCUT2D eigenvalue weighted by Crippen LogP contribution is -2.32. The van der Waals surface area contributed by atoms with Crippen molar-refractivity contribution in [2.45, 2.75) is 76.6 Å². The fourth-order valence-electron chi connectivity index (χ4n) is 4.53. The first kappa shape index (κ1) is 19.5. The highest BCUT2D eigenvalue weighted by molar-refractivity contribution is 5.91. The van der Waals surface area contributed by atoms with E-state index in [1.807, 2.05) is 12.3 Å². The van der Waals surface area contributed by atoms with Crippen molar-refractivity contribution in [2.24, 2.45) is 0 Å². The predicted octanol–water partition coefficient (Wildman–Crippen LogP) is 5.14. The molecule has 152 valence electrons. The van der Waals surface area contributed by atoms with Crippen LogP contribution in [0.2, 0.25) is 0 Å². The fraction of sp³-hybridized carbons (Fsp3) is 0.609. The molecule has 2 N–H and O–H groups in total. The minimum Gasteiger partial charge on any atom is -0.490 e. The fourth-order valence-corrected chi connectivity index (χ4v) is 4.53. The molecule has 5 rings (SSSR count). The van der Waals surface area contributed by atoms with E-state index in [1.165, 1.54) is 37.7 Å². The van der Waals surface area contributed by atoms with Crippen LogP contribution in [0, 0.1) is 6.92 Å². The predicted molar refractivity (Wildman–Crippen MR) is 111 cm³/mol. The number of benzene rings is 1. The Hall–Kier alpha value is -1.85. The highest BCUT2D eigenvalue weighted by Gasteiger charge is 2.37. The standard InChI is InChI=1S/C15H18N2O.C8H14O2/c1-10-6-7-14(18-11-4-2-3-5-11)12-8-15(16)17-9-13(10)12;1-2-4-8(5-3-1)9-6-7-10-8/h6-9,11H,2-5H2,1H3,(H2,16,17);1-7H2. The zero-order valence-corrected chi connectivity index (χ0v) is 16.9. The largest absolute Gasteiger partial charge is 0.490 e. The Labute approximate surface area is 167 Å². The summed E-state index contributed by atoms with van der Waals surface area (Å²) < 4.78 is 17.2. The van der Waals surface area contributed by atoms with Crippen molar-refractivity contribution >= 4 is 16.6 Å². The molecule has 0 unspecified atom stereocenters. The zero-order valence-electron chi connectivity index (χ0n) is 16.9. The summed E-state index contributed by atoms with van der Waals surface area (Å²) in [5.74, 6) is 1.36. The molecule has 0 amide bonds. The molecule has 5 nitrogen and oxygen atoms in total. The lowest BCUT2D eigenvalue weighted by molar-refractivity contribution is -0.176. The van der Waals surface area contributed by atoms with Crippen LogP contribution < -0.4 is 10.5 Å². The molecule has 5 heteroatoms. The van der Waals surface area contributed by atoms with E-state index in [-0.39, 0.29) is 5.79 Å². The Morgan fingerprint density at radius 2 is 1.71 bits per heavy atom. The number of aryl methyl sites for hydroxylation is 1. The van der Waals surface area contributed by atoms with E-state index in [9.17, 15) is 0 Å². The molecule has 1 aromatic carbocycles. The summed E-state index contributed by atoms with van der Waals surface area (Å²) in [5.41, 5.74) is 6.99. The summed E-state index contributed by atoms with van der Waals surface area (Å²) >= 11 is 0. The van der Waals surface area contributed by atoms with Gasteiger partial charge in [-0.2, -0.15) is 0 Å². The van der Waals surface area contributed by atoms with E-state index in [1.54, 1.807) is 0 Å². The second kappa shape index (κ2) is 8.66. The van der Waals surface area contributed by atoms with Gasteiger partial charge in [0.2, 0.25) is 0 Å². The lowest BCUT2D eigenvalue weighted by Gasteiger charge is -2.30. The molecule has 0 bridgehead atoms. The van der Waals surface area contributed by atoms with Gasteiger partial charge in [0, 0.05) is 29.8 Å². The number of hydrogen-bond donors (Lipinski definition) is 1. The van der Waals surface area contributed by atoms with E-state index in [2.05, 4.69) is 24.0 Å². The highest BCUT2D eigenvalue weighted by Crippen LogP contribution is 2.35. The first-order valence-electron chi connectivity index (χ1n) is 10.7. The monoisotopic (exact) mass is 384 g/mol. The van der Waals surface area contributed by atoms with Gasteiger partial charge < -0.3 is 19.9 Å². The van der Waals surface area contributed by atoms with Crippen LogP contribution >= 0.6 is 0 Å². The van der Waals surface area contributed by atoms with Crippen LogP contribution in [0.25, 0.3) is 10.8 Å². The van der Waals surface area contributed by atoms with Crippen LogP contribution in [0.1, 0.15) is 63.4 Å². The molecule has 1 saturated heterocycles. The van der Waals surface area contributed by atoms with Crippen molar-refractivity contribution in [1.82, 2.24) is 4.98 Å². The third-order valence-corrected chi connectivity index (χ3v) is 6.12. The minimum atomic E-state index is -0.127. The Bertz CT molecular complexity index is 788. The summed E-state index contributed by atoms with van der Waals surface area (Å²) in [6, 6.07) is 6.05. The Morgan fingerprint density at radius 1 is 1.00 bits per heavy atom. The Kier molecular flexibility index (Phi) is 6.02. The topological polar surface area (TPSA) is 66.6 Å². The molecule has 1 spiro atoms. The number of fused-ring (bicyclic) bond motifs is 1. The summed E-state index contributed by atoms with van der Waals surface area (Å²) in [6.45, 7) is 3.69. The molecule has 3 aliphatic rings. The van der Waals surface area contributed by atoms with Crippen molar-refractivity contribution in [3.8, 4) is 5.75 Å². The summed E-state index contributed by atoms with van der Waals surface area (Å²) in [4.78, 5) is 4.16. The summed E-state index contributed by atoms with van der Waals surface area (Å²) in [6.07, 6.45) is 13.2. The highest BCUT2D eigenvalue weighted by atomic mass is 16.7. The third kappa shape index (κ3) is 4.41. The molecule has 2 aliphatic carbocycles. The first-order valence-corrected chi connectivity index (χ1v) is 10.7. The van der Waals surface area contributed by atoms with Crippen LogP contribution in [-0.4, -0.2) is 30.1 Å². The molecule has 0 atom stereocenters. The van der Waals surface area contributed by atoms with Gasteiger partial charge in [-0.25, -0.2) is 4.98 Å². The van der Waals surface area contributed by atoms with Gasteiger partial charge in [-0.05, 0) is 63.1 Å². The maximum Gasteiger partial charge on any atom is 0.168 e. The van der Waals surface area contributed by atoms with Crippen molar-refractivity contribution in [3.05, 3.63) is 30.0 Å². The van der Waals surface area contributed by atoms with Crippen LogP contribution in [0.5, 0.6) is 5.75 Å². The maximum atomic E-state index is 6.12. The van der Waals surface area contributed by atoms with E-state index in [4.69, 9.17) is 19.9 Å². The van der Waals surface area contributed by atoms with Crippen LogP contribution in [-0.2, 0) is 9.47 Å². The van der Waals surface area contributed by atoms with Gasteiger partial charge in [0.25, 0.3) is 0 Å². The first-order chi connectivity index (χ1) is 13.7. The SMILES string of the molecule is C1CCC2(CC1)OCCO2.Cc1ccc(OC2CCCC2)c2cc(N)ncc12. The average Bonchev–Trinajstić information content (AvgIpc) is 3.38. The molecule has 2 saturated carbocycles. The number of nitrogens with zero attached hydrogens (tertiary/aromatic N) is 1. The molecule has 3 fully saturated rings. The van der Waals surface area contributed by atoms with Crippen molar-refractivity contribution in [2.75, 3.05) is 18.9 Å². The van der Waals surface area contributed by atoms with Gasteiger partial charge in [0.15, 0.2) is 5.79 Å². The number of pyridine rings is 1. The van der Waals surface area contributed by atoms with Crippen molar-refractivity contribution < 1.29 is 14.2 Å². The Morgan fingerprint density at radius 3 is 2.43 bits per heavy atom. The molecule has 1 aliphatic heterocycles. The zero-order chi connectivity index (χ0) is 19.4. The second-order valence-electron chi connectivity index (χ2n) is 8.23. The molecular weight excluding hydrogens is 352 g/mol. The average molecular weight is 385 g/mol. The van der Waals surface area contributed by atoms with E-state index < -0.39 is 0 Å². The van der Waals surface area contributed by atoms with Gasteiger partial charge >= 0.3 is 0 Å². The van der Waals surface area contributed by atoms with Gasteiger partial charge in [0.1, 0.15) is 11.6 Å². The lowest BCUT2D eigenvalue weighted by atomic mass is 9.94. The van der Waals surface area contributed by atoms with Gasteiger partial charge in [-0.1, -0.05) is 12.5 Å². The van der Waals surface area contributed by atoms with E-state index in [0.29, 0.717) is 11.9 Å². The molecule has 0 radical (unpaired) electrons. The molecule has 2 heterocycles. The quantitative estimate of drug-likeness (QED) is 0.776. The number of nitrogen functional groups attached to an aromatic ring is 1. The molecule has 1 aromatic heterocycles. The van der Waals surface area contributed by atoms with Gasteiger partial charge in [0.05, 0.1) is 19.3 Å². The maximum absolute atomic E-state index is 6.12. The summed E-state index contributed by atoms with van der Waals surface area (Å²) in [5, 5.41) is 2.20.